The summed E-state index contributed by atoms with van der Waals surface area (Å²) in [6, 6.07) is 15.6. The molecule has 0 saturated carbocycles. The topological polar surface area (TPSA) is 86.5 Å². The van der Waals surface area contributed by atoms with Crippen molar-refractivity contribution in [2.45, 2.75) is 45.3 Å². The van der Waals surface area contributed by atoms with Crippen LogP contribution in [-0.2, 0) is 6.42 Å². The van der Waals surface area contributed by atoms with Crippen LogP contribution in [0.5, 0.6) is 11.5 Å². The first kappa shape index (κ1) is 26.6. The van der Waals surface area contributed by atoms with E-state index in [1.165, 1.54) is 5.56 Å². The molecule has 6 nitrogen and oxygen atoms in total. The summed E-state index contributed by atoms with van der Waals surface area (Å²) in [5.41, 5.74) is 2.34. The van der Waals surface area contributed by atoms with Crippen LogP contribution in [0.3, 0.4) is 0 Å². The number of hydrogen-bond donors (Lipinski definition) is 3. The summed E-state index contributed by atoms with van der Waals surface area (Å²) in [4.78, 5) is 0. The Bertz CT molecular complexity index is 835. The van der Waals surface area contributed by atoms with Crippen molar-refractivity contribution in [3.05, 3.63) is 53.6 Å². The molecule has 0 aromatic heterocycles. The van der Waals surface area contributed by atoms with E-state index < -0.39 is 6.10 Å². The number of nitriles is 1. The van der Waals surface area contributed by atoms with E-state index in [1.807, 2.05) is 30.3 Å². The molecule has 0 aliphatic carbocycles. The molecule has 0 bridgehead atoms. The Labute approximate surface area is 192 Å². The molecule has 1 atom stereocenters. The highest BCUT2D eigenvalue weighted by Gasteiger charge is 2.20. The second-order valence-electron chi connectivity index (χ2n) is 8.00. The number of hydrogen-bond acceptors (Lipinski definition) is 6. The number of methoxy groups -OCH3 is 1. The number of β-amino-alcohol motifs (C(OH)–C–C–N with tert-alkyl or cyclic N) is 1. The van der Waals surface area contributed by atoms with Crippen molar-refractivity contribution in [1.29, 1.82) is 5.26 Å². The summed E-state index contributed by atoms with van der Waals surface area (Å²) in [5.74, 6) is 1.32. The Hall–Kier alpha value is -2.46. The predicted molar refractivity (Wildman–Crippen MR) is 127 cm³/mol. The second-order valence-corrected chi connectivity index (χ2v) is 8.00. The molecule has 0 aliphatic rings. The average Bonchev–Trinajstić information content (AvgIpc) is 2.75. The van der Waals surface area contributed by atoms with E-state index >= 15 is 0 Å². The summed E-state index contributed by atoms with van der Waals surface area (Å²) in [6.45, 7) is 7.63. The molecule has 0 spiro atoms. The van der Waals surface area contributed by atoms with Gasteiger partial charge in [-0.05, 0) is 62.6 Å². The Balaban J connectivity index is 0.00000480. The fourth-order valence-corrected chi connectivity index (χ4v) is 3.08. The molecule has 170 valence electrons. The predicted octanol–water partition coefficient (Wildman–Crippen LogP) is 4.16. The highest BCUT2D eigenvalue weighted by atomic mass is 35.5. The normalized spacial score (nSPS) is 11.7. The number of nitrogens with one attached hydrogen (secondary N) is 2. The maximum atomic E-state index is 10.3. The lowest BCUT2D eigenvalue weighted by molar-refractivity contribution is 0.0987. The molecule has 1 unspecified atom stereocenters. The molecule has 2 aromatic rings. The van der Waals surface area contributed by atoms with E-state index in [0.717, 1.165) is 30.8 Å². The minimum Gasteiger partial charge on any atom is -0.497 e. The zero-order valence-electron chi connectivity index (χ0n) is 18.8. The van der Waals surface area contributed by atoms with Crippen LogP contribution in [0, 0.1) is 11.3 Å². The molecule has 0 amide bonds. The fourth-order valence-electron chi connectivity index (χ4n) is 3.08. The molecule has 7 heteroatoms. The second kappa shape index (κ2) is 13.1. The average molecular weight is 448 g/mol. The monoisotopic (exact) mass is 447 g/mol. The number of benzene rings is 2. The Morgan fingerprint density at radius 2 is 1.87 bits per heavy atom. The first-order valence-corrected chi connectivity index (χ1v) is 10.3. The van der Waals surface area contributed by atoms with Crippen molar-refractivity contribution in [1.82, 2.24) is 5.32 Å². The van der Waals surface area contributed by atoms with Crippen molar-refractivity contribution in [3.8, 4) is 17.6 Å². The fraction of sp³-hybridized carbons (Fsp3) is 0.458. The molecule has 0 fully saturated rings. The summed E-state index contributed by atoms with van der Waals surface area (Å²) < 4.78 is 10.9. The SMILES string of the molecule is CCCNc1ccc(OCC(O)CNC(C)(C)Cc2ccc(OC)cc2)c(C#N)c1.Cl. The lowest BCUT2D eigenvalue weighted by Crippen LogP contribution is -2.46. The minimum absolute atomic E-state index is 0. The van der Waals surface area contributed by atoms with Crippen molar-refractivity contribution in [2.24, 2.45) is 0 Å². The summed E-state index contributed by atoms with van der Waals surface area (Å²) in [7, 11) is 1.65. The van der Waals surface area contributed by atoms with Gasteiger partial charge in [-0.15, -0.1) is 12.4 Å². The zero-order chi connectivity index (χ0) is 22.0. The maximum absolute atomic E-state index is 10.3. The van der Waals surface area contributed by atoms with E-state index in [4.69, 9.17) is 9.47 Å². The van der Waals surface area contributed by atoms with Crippen LogP contribution in [0.4, 0.5) is 5.69 Å². The van der Waals surface area contributed by atoms with Crippen LogP contribution in [0.1, 0.15) is 38.3 Å². The molecule has 0 aliphatic heterocycles. The summed E-state index contributed by atoms with van der Waals surface area (Å²) in [6.07, 6.45) is 1.13. The van der Waals surface area contributed by atoms with Crippen molar-refractivity contribution in [3.63, 3.8) is 0 Å². The van der Waals surface area contributed by atoms with Gasteiger partial charge in [-0.2, -0.15) is 5.26 Å². The summed E-state index contributed by atoms with van der Waals surface area (Å²) in [5, 5.41) is 26.4. The number of anilines is 1. The van der Waals surface area contributed by atoms with Crippen LogP contribution in [0.15, 0.2) is 42.5 Å². The molecule has 31 heavy (non-hydrogen) atoms. The van der Waals surface area contributed by atoms with Gasteiger partial charge in [0.25, 0.3) is 0 Å². The van der Waals surface area contributed by atoms with Gasteiger partial charge in [0.2, 0.25) is 0 Å². The molecule has 0 saturated heterocycles. The molecular formula is C24H34ClN3O3. The van der Waals surface area contributed by atoms with Crippen LogP contribution >= 0.6 is 12.4 Å². The third-order valence-corrected chi connectivity index (χ3v) is 4.73. The molecule has 3 N–H and O–H groups in total. The highest BCUT2D eigenvalue weighted by molar-refractivity contribution is 5.85. The van der Waals surface area contributed by atoms with Crippen molar-refractivity contribution < 1.29 is 14.6 Å². The third-order valence-electron chi connectivity index (χ3n) is 4.73. The number of aliphatic hydroxyl groups is 1. The Morgan fingerprint density at radius 1 is 1.16 bits per heavy atom. The van der Waals surface area contributed by atoms with Crippen LogP contribution in [0.25, 0.3) is 0 Å². The van der Waals surface area contributed by atoms with E-state index in [-0.39, 0.29) is 24.6 Å². The molecule has 2 aromatic carbocycles. The van der Waals surface area contributed by atoms with E-state index in [1.54, 1.807) is 19.2 Å². The lowest BCUT2D eigenvalue weighted by atomic mass is 9.94. The van der Waals surface area contributed by atoms with Gasteiger partial charge in [0.15, 0.2) is 0 Å². The van der Waals surface area contributed by atoms with Gasteiger partial charge in [-0.1, -0.05) is 19.1 Å². The largest absolute Gasteiger partial charge is 0.497 e. The quantitative estimate of drug-likeness (QED) is 0.453. The number of halogens is 1. The molecule has 2 rings (SSSR count). The maximum Gasteiger partial charge on any atom is 0.137 e. The van der Waals surface area contributed by atoms with Crippen molar-refractivity contribution >= 4 is 18.1 Å². The van der Waals surface area contributed by atoms with Gasteiger partial charge in [0.1, 0.15) is 30.3 Å². The molecular weight excluding hydrogens is 414 g/mol. The molecule has 0 heterocycles. The summed E-state index contributed by atoms with van der Waals surface area (Å²) >= 11 is 0. The number of ether oxygens (including phenoxy) is 2. The zero-order valence-corrected chi connectivity index (χ0v) is 19.6. The van der Waals surface area contributed by atoms with Gasteiger partial charge in [0, 0.05) is 24.3 Å². The first-order chi connectivity index (χ1) is 14.4. The number of rotatable bonds is 12. The van der Waals surface area contributed by atoms with Gasteiger partial charge in [-0.25, -0.2) is 0 Å². The standard InChI is InChI=1S/C24H33N3O3.ClH/c1-5-12-26-20-8-11-23(19(13-20)15-25)30-17-21(28)16-27-24(2,3)14-18-6-9-22(29-4)10-7-18;/h6-11,13,21,26-28H,5,12,14,16-17H2,1-4H3;1H. The minimum atomic E-state index is -0.690. The van der Waals surface area contributed by atoms with Crippen molar-refractivity contribution in [2.75, 3.05) is 32.1 Å². The van der Waals surface area contributed by atoms with Crippen LogP contribution < -0.4 is 20.1 Å². The third kappa shape index (κ3) is 9.06. The number of nitrogens with zero attached hydrogens (tertiary/aromatic N) is 1. The Morgan fingerprint density at radius 3 is 2.48 bits per heavy atom. The van der Waals surface area contributed by atoms with E-state index in [9.17, 15) is 10.4 Å². The van der Waals surface area contributed by atoms with Crippen LogP contribution in [-0.4, -0.2) is 43.6 Å². The van der Waals surface area contributed by atoms with Gasteiger partial charge < -0.3 is 25.2 Å². The first-order valence-electron chi connectivity index (χ1n) is 10.3. The number of aliphatic hydroxyl groups excluding tert-OH is 1. The Kier molecular flexibility index (Phi) is 11.2. The van der Waals surface area contributed by atoms with E-state index in [0.29, 0.717) is 17.9 Å². The highest BCUT2D eigenvalue weighted by Crippen LogP contribution is 2.22. The van der Waals surface area contributed by atoms with Gasteiger partial charge in [0.05, 0.1) is 12.7 Å². The van der Waals surface area contributed by atoms with Crippen LogP contribution in [0.2, 0.25) is 0 Å². The van der Waals surface area contributed by atoms with Gasteiger partial charge >= 0.3 is 0 Å². The molecule has 0 radical (unpaired) electrons. The lowest BCUT2D eigenvalue weighted by Gasteiger charge is -2.28. The van der Waals surface area contributed by atoms with Gasteiger partial charge in [-0.3, -0.25) is 0 Å². The smallest absolute Gasteiger partial charge is 0.137 e. The van der Waals surface area contributed by atoms with E-state index in [2.05, 4.69) is 37.5 Å².